The maximum Gasteiger partial charge on any atom is 0.251 e. The Hall–Kier alpha value is -2.30. The van der Waals surface area contributed by atoms with Gasteiger partial charge in [-0.15, -0.1) is 0 Å². The summed E-state index contributed by atoms with van der Waals surface area (Å²) in [5.74, 6) is -0.0650. The summed E-state index contributed by atoms with van der Waals surface area (Å²) < 4.78 is 1.78. The van der Waals surface area contributed by atoms with Gasteiger partial charge in [-0.2, -0.15) is 5.10 Å². The summed E-state index contributed by atoms with van der Waals surface area (Å²) in [6, 6.07) is 9.22. The van der Waals surface area contributed by atoms with Gasteiger partial charge in [0.1, 0.15) is 0 Å². The highest BCUT2D eigenvalue weighted by atomic mass is 16.1. The van der Waals surface area contributed by atoms with Crippen LogP contribution in [0.3, 0.4) is 0 Å². The molecule has 5 heteroatoms. The number of carbonyl (C=O) groups is 1. The maximum absolute atomic E-state index is 11.8. The van der Waals surface area contributed by atoms with E-state index in [0.29, 0.717) is 18.7 Å². The van der Waals surface area contributed by atoms with Crippen LogP contribution < -0.4 is 10.6 Å². The van der Waals surface area contributed by atoms with Crippen LogP contribution in [0, 0.1) is 0 Å². The fourth-order valence-corrected chi connectivity index (χ4v) is 1.61. The molecule has 18 heavy (non-hydrogen) atoms. The van der Waals surface area contributed by atoms with Crippen molar-refractivity contribution < 1.29 is 4.79 Å². The SMILES string of the molecule is CNc1ccc(C(=O)NCCn2cccn2)cc1. The molecule has 1 aromatic carbocycles. The molecular weight excluding hydrogens is 228 g/mol. The smallest absolute Gasteiger partial charge is 0.251 e. The van der Waals surface area contributed by atoms with E-state index in [-0.39, 0.29) is 5.91 Å². The number of rotatable bonds is 5. The van der Waals surface area contributed by atoms with Crippen LogP contribution in [0.25, 0.3) is 0 Å². The summed E-state index contributed by atoms with van der Waals surface area (Å²) in [6.45, 7) is 1.24. The molecule has 2 aromatic rings. The Morgan fingerprint density at radius 3 is 2.72 bits per heavy atom. The van der Waals surface area contributed by atoms with Gasteiger partial charge in [-0.1, -0.05) is 0 Å². The Morgan fingerprint density at radius 1 is 1.33 bits per heavy atom. The number of hydrogen-bond acceptors (Lipinski definition) is 3. The molecule has 1 amide bonds. The van der Waals surface area contributed by atoms with Crippen molar-refractivity contribution in [1.29, 1.82) is 0 Å². The summed E-state index contributed by atoms with van der Waals surface area (Å²) in [6.07, 6.45) is 3.59. The quantitative estimate of drug-likeness (QED) is 0.834. The van der Waals surface area contributed by atoms with Gasteiger partial charge in [-0.05, 0) is 30.3 Å². The standard InChI is InChI=1S/C13H16N4O/c1-14-12-5-3-11(4-6-12)13(18)15-8-10-17-9-2-7-16-17/h2-7,9,14H,8,10H2,1H3,(H,15,18). The normalized spacial score (nSPS) is 10.1. The molecule has 0 aliphatic rings. The third-order valence-electron chi connectivity index (χ3n) is 2.62. The van der Waals surface area contributed by atoms with Crippen molar-refractivity contribution in [3.63, 3.8) is 0 Å². The molecule has 1 heterocycles. The van der Waals surface area contributed by atoms with Crippen LogP contribution in [0.4, 0.5) is 5.69 Å². The summed E-state index contributed by atoms with van der Waals surface area (Å²) in [7, 11) is 1.85. The van der Waals surface area contributed by atoms with Crippen molar-refractivity contribution in [2.75, 3.05) is 18.9 Å². The lowest BCUT2D eigenvalue weighted by molar-refractivity contribution is 0.0952. The maximum atomic E-state index is 11.8. The second-order valence-corrected chi connectivity index (χ2v) is 3.85. The molecule has 5 nitrogen and oxygen atoms in total. The topological polar surface area (TPSA) is 59.0 Å². The van der Waals surface area contributed by atoms with Gasteiger partial charge in [0.15, 0.2) is 0 Å². The van der Waals surface area contributed by atoms with Crippen LogP contribution in [0.1, 0.15) is 10.4 Å². The van der Waals surface area contributed by atoms with E-state index >= 15 is 0 Å². The molecule has 0 unspecified atom stereocenters. The minimum Gasteiger partial charge on any atom is -0.388 e. The molecule has 0 radical (unpaired) electrons. The highest BCUT2D eigenvalue weighted by molar-refractivity contribution is 5.94. The lowest BCUT2D eigenvalue weighted by Crippen LogP contribution is -2.27. The molecule has 2 rings (SSSR count). The molecule has 0 spiro atoms. The largest absolute Gasteiger partial charge is 0.388 e. The number of nitrogens with one attached hydrogen (secondary N) is 2. The van der Waals surface area contributed by atoms with E-state index in [1.54, 1.807) is 23.0 Å². The van der Waals surface area contributed by atoms with Gasteiger partial charge in [0, 0.05) is 37.2 Å². The Bertz CT molecular complexity index is 490. The first kappa shape index (κ1) is 12.2. The van der Waals surface area contributed by atoms with Crippen molar-refractivity contribution in [3.05, 3.63) is 48.3 Å². The zero-order chi connectivity index (χ0) is 12.8. The predicted octanol–water partition coefficient (Wildman–Crippen LogP) is 1.35. The van der Waals surface area contributed by atoms with Crippen LogP contribution in [-0.2, 0) is 6.54 Å². The fourth-order valence-electron chi connectivity index (χ4n) is 1.61. The summed E-state index contributed by atoms with van der Waals surface area (Å²) in [5, 5.41) is 9.93. The Balaban J connectivity index is 1.83. The monoisotopic (exact) mass is 244 g/mol. The van der Waals surface area contributed by atoms with Crippen LogP contribution >= 0.6 is 0 Å². The highest BCUT2D eigenvalue weighted by Crippen LogP contribution is 2.08. The highest BCUT2D eigenvalue weighted by Gasteiger charge is 2.04. The first-order valence-corrected chi connectivity index (χ1v) is 5.83. The van der Waals surface area contributed by atoms with Gasteiger partial charge in [0.05, 0.1) is 6.54 Å². The van der Waals surface area contributed by atoms with E-state index in [1.165, 1.54) is 0 Å². The molecule has 94 valence electrons. The van der Waals surface area contributed by atoms with Gasteiger partial charge in [-0.25, -0.2) is 0 Å². The second kappa shape index (κ2) is 5.86. The molecule has 0 saturated heterocycles. The lowest BCUT2D eigenvalue weighted by atomic mass is 10.2. The number of carbonyl (C=O) groups excluding carboxylic acids is 1. The minimum absolute atomic E-state index is 0.0650. The minimum atomic E-state index is -0.0650. The van der Waals surface area contributed by atoms with Crippen LogP contribution in [0.15, 0.2) is 42.7 Å². The first-order chi connectivity index (χ1) is 8.79. The number of amides is 1. The van der Waals surface area contributed by atoms with Gasteiger partial charge in [0.2, 0.25) is 0 Å². The van der Waals surface area contributed by atoms with Gasteiger partial charge >= 0.3 is 0 Å². The summed E-state index contributed by atoms with van der Waals surface area (Å²) in [5.41, 5.74) is 1.65. The van der Waals surface area contributed by atoms with Crippen molar-refractivity contribution in [3.8, 4) is 0 Å². The average molecular weight is 244 g/mol. The molecular formula is C13H16N4O. The van der Waals surface area contributed by atoms with Gasteiger partial charge < -0.3 is 10.6 Å². The van der Waals surface area contributed by atoms with E-state index in [4.69, 9.17) is 0 Å². The number of nitrogens with zero attached hydrogens (tertiary/aromatic N) is 2. The number of hydrogen-bond donors (Lipinski definition) is 2. The molecule has 0 bridgehead atoms. The Morgan fingerprint density at radius 2 is 2.11 bits per heavy atom. The first-order valence-electron chi connectivity index (χ1n) is 5.83. The molecule has 1 aromatic heterocycles. The molecule has 0 atom stereocenters. The van der Waals surface area contributed by atoms with E-state index < -0.39 is 0 Å². The van der Waals surface area contributed by atoms with Crippen molar-refractivity contribution in [1.82, 2.24) is 15.1 Å². The summed E-state index contributed by atoms with van der Waals surface area (Å²) >= 11 is 0. The van der Waals surface area contributed by atoms with Crippen molar-refractivity contribution in [2.24, 2.45) is 0 Å². The number of benzene rings is 1. The van der Waals surface area contributed by atoms with Gasteiger partial charge in [0.25, 0.3) is 5.91 Å². The van der Waals surface area contributed by atoms with E-state index in [9.17, 15) is 4.79 Å². The van der Waals surface area contributed by atoms with E-state index in [1.807, 2.05) is 31.4 Å². The third kappa shape index (κ3) is 3.10. The van der Waals surface area contributed by atoms with E-state index in [2.05, 4.69) is 15.7 Å². The summed E-state index contributed by atoms with van der Waals surface area (Å²) in [4.78, 5) is 11.8. The molecule has 0 aliphatic heterocycles. The number of aromatic nitrogens is 2. The zero-order valence-electron chi connectivity index (χ0n) is 10.3. The van der Waals surface area contributed by atoms with Gasteiger partial charge in [-0.3, -0.25) is 9.48 Å². The third-order valence-corrected chi connectivity index (χ3v) is 2.62. The fraction of sp³-hybridized carbons (Fsp3) is 0.231. The Labute approximate surface area is 106 Å². The molecule has 0 fully saturated rings. The molecule has 2 N–H and O–H groups in total. The molecule has 0 saturated carbocycles. The zero-order valence-corrected chi connectivity index (χ0v) is 10.3. The van der Waals surface area contributed by atoms with Crippen molar-refractivity contribution in [2.45, 2.75) is 6.54 Å². The Kier molecular flexibility index (Phi) is 3.96. The van der Waals surface area contributed by atoms with Crippen LogP contribution in [-0.4, -0.2) is 29.3 Å². The van der Waals surface area contributed by atoms with Crippen LogP contribution in [0.5, 0.6) is 0 Å². The van der Waals surface area contributed by atoms with Crippen molar-refractivity contribution >= 4 is 11.6 Å². The predicted molar refractivity (Wildman–Crippen MR) is 70.5 cm³/mol. The second-order valence-electron chi connectivity index (χ2n) is 3.85. The lowest BCUT2D eigenvalue weighted by Gasteiger charge is -2.06. The number of anilines is 1. The molecule has 0 aliphatic carbocycles. The van der Waals surface area contributed by atoms with E-state index in [0.717, 1.165) is 5.69 Å². The average Bonchev–Trinajstić information content (AvgIpc) is 2.92. The van der Waals surface area contributed by atoms with Crippen LogP contribution in [0.2, 0.25) is 0 Å².